The molecule has 2 aromatic carbocycles. The lowest BCUT2D eigenvalue weighted by Gasteiger charge is -2.36. The van der Waals surface area contributed by atoms with Gasteiger partial charge in [-0.2, -0.15) is 0 Å². The van der Waals surface area contributed by atoms with Crippen LogP contribution in [0.4, 0.5) is 0 Å². The van der Waals surface area contributed by atoms with Crippen LogP contribution < -0.4 is 9.47 Å². The molecule has 14 heteroatoms. The molecule has 0 saturated heterocycles. The molecule has 2 aromatic rings. The summed E-state index contributed by atoms with van der Waals surface area (Å²) in [5, 5.41) is 41.3. The SMILES string of the molecule is [C-]#[N+]/C(C#N)=C1\Sc2c(OC(=O)C3CCC(C4CCC(C(=O)Oc5cc(C(C)(C)C)c(O)c6c5S/C(=C(\C#N)[N+]#[C-])S6)CC4)CC3)cc(C(C)(C)C)c(O)c2S1. The minimum absolute atomic E-state index is 0.0660. The van der Waals surface area contributed by atoms with Gasteiger partial charge in [-0.15, -0.1) is 0 Å². The van der Waals surface area contributed by atoms with E-state index in [1.54, 1.807) is 12.1 Å². The highest BCUT2D eigenvalue weighted by Gasteiger charge is 2.39. The second kappa shape index (κ2) is 16.4. The molecule has 0 radical (unpaired) electrons. The van der Waals surface area contributed by atoms with Crippen LogP contribution in [0, 0.1) is 59.5 Å². The van der Waals surface area contributed by atoms with Crippen LogP contribution in [0.5, 0.6) is 23.0 Å². The number of allylic oxidation sites excluding steroid dienone is 2. The molecule has 4 aliphatic rings. The number of benzene rings is 2. The molecule has 56 heavy (non-hydrogen) atoms. The normalized spacial score (nSPS) is 23.7. The van der Waals surface area contributed by atoms with Crippen LogP contribution in [0.2, 0.25) is 0 Å². The van der Waals surface area contributed by atoms with Crippen molar-refractivity contribution in [2.45, 2.75) is 123 Å². The fraction of sp³-hybridized carbons (Fsp3) is 0.476. The molecule has 0 spiro atoms. The van der Waals surface area contributed by atoms with Crippen molar-refractivity contribution in [1.82, 2.24) is 0 Å². The first-order chi connectivity index (χ1) is 26.5. The van der Waals surface area contributed by atoms with Gasteiger partial charge < -0.3 is 19.7 Å². The minimum Gasteiger partial charge on any atom is -0.506 e. The Hall–Kier alpha value is -4.18. The zero-order chi connectivity index (χ0) is 40.7. The maximum Gasteiger partial charge on any atom is 0.314 e. The number of ether oxygens (including phenoxy) is 2. The molecule has 0 amide bonds. The lowest BCUT2D eigenvalue weighted by atomic mass is 9.69. The van der Waals surface area contributed by atoms with Gasteiger partial charge in [-0.3, -0.25) is 9.59 Å². The van der Waals surface area contributed by atoms with Gasteiger partial charge in [0.2, 0.25) is 0 Å². The number of carbonyl (C=O) groups excluding carboxylic acids is 2. The Bertz CT molecular complexity index is 2040. The van der Waals surface area contributed by atoms with Crippen molar-refractivity contribution >= 4 is 59.0 Å². The average Bonchev–Trinajstić information content (AvgIpc) is 3.81. The highest BCUT2D eigenvalue weighted by atomic mass is 32.2. The third-order valence-corrected chi connectivity index (χ3v) is 16.1. The van der Waals surface area contributed by atoms with Gasteiger partial charge in [0.25, 0.3) is 11.4 Å². The van der Waals surface area contributed by atoms with Crippen LogP contribution in [0.1, 0.15) is 104 Å². The molecule has 0 aromatic heterocycles. The first-order valence-corrected chi connectivity index (χ1v) is 21.7. The number of phenolic OH excluding ortho intramolecular Hbond substituents is 2. The molecule has 2 aliphatic heterocycles. The van der Waals surface area contributed by atoms with Crippen LogP contribution in [0.3, 0.4) is 0 Å². The van der Waals surface area contributed by atoms with Crippen LogP contribution in [0.25, 0.3) is 9.69 Å². The first-order valence-electron chi connectivity index (χ1n) is 18.5. The van der Waals surface area contributed by atoms with Crippen LogP contribution in [-0.2, 0) is 20.4 Å². The maximum absolute atomic E-state index is 13.6. The number of nitriles is 2. The zero-order valence-corrected chi connectivity index (χ0v) is 35.3. The summed E-state index contributed by atoms with van der Waals surface area (Å²) >= 11 is 4.67. The van der Waals surface area contributed by atoms with Crippen molar-refractivity contribution in [3.63, 3.8) is 0 Å². The summed E-state index contributed by atoms with van der Waals surface area (Å²) in [6.45, 7) is 26.5. The van der Waals surface area contributed by atoms with Gasteiger partial charge in [-0.25, -0.2) is 20.2 Å². The third kappa shape index (κ3) is 8.27. The van der Waals surface area contributed by atoms with Crippen LogP contribution >= 0.6 is 47.0 Å². The topological polar surface area (TPSA) is 149 Å². The van der Waals surface area contributed by atoms with Gasteiger partial charge in [0, 0.05) is 11.1 Å². The molecule has 0 unspecified atom stereocenters. The maximum atomic E-state index is 13.6. The number of rotatable bonds is 5. The zero-order valence-electron chi connectivity index (χ0n) is 32.1. The van der Waals surface area contributed by atoms with Crippen molar-refractivity contribution in [3.05, 3.63) is 66.0 Å². The Labute approximate surface area is 345 Å². The number of hydrogen-bond donors (Lipinski definition) is 2. The largest absolute Gasteiger partial charge is 0.506 e. The highest BCUT2D eigenvalue weighted by molar-refractivity contribution is 8.25. The van der Waals surface area contributed by atoms with E-state index in [2.05, 4.69) is 9.69 Å². The predicted octanol–water partition coefficient (Wildman–Crippen LogP) is 11.4. The number of thioether (sulfide) groups is 4. The van der Waals surface area contributed by atoms with E-state index in [0.29, 0.717) is 88.2 Å². The first kappa shape index (κ1) is 41.5. The molecule has 0 atom stereocenters. The van der Waals surface area contributed by atoms with E-state index in [0.717, 1.165) is 49.2 Å². The van der Waals surface area contributed by atoms with E-state index in [9.17, 15) is 30.3 Å². The number of nitrogens with zero attached hydrogens (tertiary/aromatic N) is 4. The minimum atomic E-state index is -0.451. The second-order valence-corrected chi connectivity index (χ2v) is 21.2. The fourth-order valence-corrected chi connectivity index (χ4v) is 12.7. The third-order valence-electron chi connectivity index (χ3n) is 10.9. The smallest absolute Gasteiger partial charge is 0.314 e. The summed E-state index contributed by atoms with van der Waals surface area (Å²) in [5.74, 6) is 0.506. The number of hydrogen-bond acceptors (Lipinski definition) is 12. The van der Waals surface area contributed by atoms with Crippen molar-refractivity contribution in [3.8, 4) is 35.1 Å². The van der Waals surface area contributed by atoms with Crippen molar-refractivity contribution in [2.75, 3.05) is 0 Å². The Morgan fingerprint density at radius 3 is 1.25 bits per heavy atom. The fourth-order valence-electron chi connectivity index (χ4n) is 7.77. The number of carbonyl (C=O) groups is 2. The molecule has 2 heterocycles. The number of phenols is 2. The van der Waals surface area contributed by atoms with E-state index < -0.39 is 10.8 Å². The van der Waals surface area contributed by atoms with E-state index >= 15 is 0 Å². The van der Waals surface area contributed by atoms with Gasteiger partial charge in [0.15, 0.2) is 0 Å². The molecule has 6 rings (SSSR count). The van der Waals surface area contributed by atoms with Crippen molar-refractivity contribution in [2.24, 2.45) is 23.7 Å². The van der Waals surface area contributed by atoms with E-state index in [1.165, 1.54) is 23.5 Å². The monoisotopic (exact) mass is 826 g/mol. The predicted molar refractivity (Wildman–Crippen MR) is 218 cm³/mol. The molecular weight excluding hydrogens is 785 g/mol. The Morgan fingerprint density at radius 2 is 0.964 bits per heavy atom. The van der Waals surface area contributed by atoms with Crippen LogP contribution in [-0.4, -0.2) is 22.2 Å². The molecule has 0 bridgehead atoms. The van der Waals surface area contributed by atoms with Gasteiger partial charge in [-0.05, 0) is 86.2 Å². The lowest BCUT2D eigenvalue weighted by Crippen LogP contribution is -2.32. The molecular formula is C42H42N4O6S4. The van der Waals surface area contributed by atoms with Gasteiger partial charge >= 0.3 is 11.9 Å². The van der Waals surface area contributed by atoms with Gasteiger partial charge in [-0.1, -0.05) is 88.6 Å². The summed E-state index contributed by atoms with van der Waals surface area (Å²) in [6, 6.07) is 7.27. The molecule has 2 N–H and O–H groups in total. The highest BCUT2D eigenvalue weighted by Crippen LogP contribution is 2.62. The summed E-state index contributed by atoms with van der Waals surface area (Å²) in [6.07, 6.45) is 6.28. The number of esters is 2. The summed E-state index contributed by atoms with van der Waals surface area (Å²) in [4.78, 5) is 36.0. The molecule has 2 fully saturated rings. The van der Waals surface area contributed by atoms with Crippen LogP contribution in [0.15, 0.2) is 51.6 Å². The van der Waals surface area contributed by atoms with Gasteiger partial charge in [0.05, 0.1) is 65.2 Å². The van der Waals surface area contributed by atoms with E-state index in [-0.39, 0.29) is 46.7 Å². The molecule has 2 aliphatic carbocycles. The Balaban J connectivity index is 1.08. The molecule has 2 saturated carbocycles. The lowest BCUT2D eigenvalue weighted by molar-refractivity contribution is -0.142. The quantitative estimate of drug-likeness (QED) is 0.128. The molecule has 290 valence electrons. The standard InChI is InChI=1S/C42H42N4O6S4/c1-41(2,3)25-17-29(33-35(31(25)47)55-39(53-33)27(19-43)45-7)51-37(49)23-13-9-21(10-14-23)22-11-15-24(16-12-22)38(50)52-30-18-26(42(4,5)6)32(48)36-34(30)54-40(56-36)28(20-44)46-8/h17-18,21-24,47-48H,9-16H2,1-6H3/b39-27-,40-28+. The number of fused-ring (bicyclic) bond motifs is 2. The van der Waals surface area contributed by atoms with E-state index in [4.69, 9.17) is 22.6 Å². The second-order valence-electron chi connectivity index (χ2n) is 16.6. The average molecular weight is 827 g/mol. The summed E-state index contributed by atoms with van der Waals surface area (Å²) in [5.41, 5.74) is 0.206. The Kier molecular flexibility index (Phi) is 12.1. The number of aromatic hydroxyl groups is 2. The summed E-state index contributed by atoms with van der Waals surface area (Å²) < 4.78 is 13.1. The van der Waals surface area contributed by atoms with Crippen molar-refractivity contribution in [1.29, 1.82) is 10.5 Å². The summed E-state index contributed by atoms with van der Waals surface area (Å²) in [7, 11) is 0. The van der Waals surface area contributed by atoms with Gasteiger partial charge in [0.1, 0.15) is 23.0 Å². The van der Waals surface area contributed by atoms with E-state index in [1.807, 2.05) is 53.7 Å². The Morgan fingerprint density at radius 1 is 0.643 bits per heavy atom. The van der Waals surface area contributed by atoms with Crippen molar-refractivity contribution < 1.29 is 29.3 Å². The molecule has 10 nitrogen and oxygen atoms in total.